The molecule has 0 aliphatic carbocycles. The monoisotopic (exact) mass is 310 g/mol. The number of hydrogen-bond donors (Lipinski definition) is 1. The summed E-state index contributed by atoms with van der Waals surface area (Å²) in [6, 6.07) is 1.78. The summed E-state index contributed by atoms with van der Waals surface area (Å²) in [6.07, 6.45) is 0.861. The van der Waals surface area contributed by atoms with E-state index in [1.807, 2.05) is 18.7 Å². The van der Waals surface area contributed by atoms with E-state index in [-0.39, 0.29) is 24.5 Å². The molecule has 1 aromatic heterocycles. The van der Waals surface area contributed by atoms with E-state index >= 15 is 0 Å². The van der Waals surface area contributed by atoms with Crippen molar-refractivity contribution in [2.24, 2.45) is 0 Å². The van der Waals surface area contributed by atoms with Crippen molar-refractivity contribution in [1.82, 2.24) is 9.80 Å². The third-order valence-electron chi connectivity index (χ3n) is 4.11. The van der Waals surface area contributed by atoms with E-state index in [9.17, 15) is 9.59 Å². The van der Waals surface area contributed by atoms with E-state index in [4.69, 9.17) is 5.11 Å². The molecule has 0 saturated heterocycles. The molecular formula is C15H22N2O3S. The Hall–Kier alpha value is -1.56. The fourth-order valence-corrected chi connectivity index (χ4v) is 3.90. The average molecular weight is 310 g/mol. The first-order valence-corrected chi connectivity index (χ1v) is 8.19. The molecule has 0 saturated carbocycles. The number of nitrogens with zero attached hydrogens (tertiary/aromatic N) is 2. The van der Waals surface area contributed by atoms with Gasteiger partial charge in [0.15, 0.2) is 0 Å². The molecule has 2 heterocycles. The standard InChI is InChI=1S/C15H22N2O3S/c1-4-16(10(2)9-14(18)19)15(20)17-7-5-13-12(11(17)3)6-8-21-13/h6,8,10-11H,4-5,7,9H2,1-3H3,(H,18,19). The summed E-state index contributed by atoms with van der Waals surface area (Å²) in [5.41, 5.74) is 1.22. The number of carboxylic acid groups (broad SMARTS) is 1. The van der Waals surface area contributed by atoms with Crippen molar-refractivity contribution in [3.05, 3.63) is 21.9 Å². The Morgan fingerprint density at radius 1 is 1.57 bits per heavy atom. The van der Waals surface area contributed by atoms with Crippen LogP contribution in [0.25, 0.3) is 0 Å². The molecule has 1 aliphatic rings. The van der Waals surface area contributed by atoms with Crippen molar-refractivity contribution in [3.8, 4) is 0 Å². The summed E-state index contributed by atoms with van der Waals surface area (Å²) in [6.45, 7) is 6.94. The summed E-state index contributed by atoms with van der Waals surface area (Å²) in [7, 11) is 0. The van der Waals surface area contributed by atoms with Crippen LogP contribution in [0, 0.1) is 0 Å². The highest BCUT2D eigenvalue weighted by Gasteiger charge is 2.32. The number of urea groups is 1. The number of fused-ring (bicyclic) bond motifs is 1. The van der Waals surface area contributed by atoms with E-state index in [0.717, 1.165) is 6.42 Å². The van der Waals surface area contributed by atoms with Crippen molar-refractivity contribution in [3.63, 3.8) is 0 Å². The molecule has 1 aromatic rings. The second-order valence-corrected chi connectivity index (χ2v) is 6.43. The fraction of sp³-hybridized carbons (Fsp3) is 0.600. The summed E-state index contributed by atoms with van der Waals surface area (Å²) in [5, 5.41) is 11.0. The molecule has 0 bridgehead atoms. The van der Waals surface area contributed by atoms with Crippen LogP contribution in [-0.4, -0.2) is 46.0 Å². The topological polar surface area (TPSA) is 60.9 Å². The van der Waals surface area contributed by atoms with Gasteiger partial charge in [-0.15, -0.1) is 11.3 Å². The lowest BCUT2D eigenvalue weighted by Crippen LogP contribution is -2.50. The van der Waals surface area contributed by atoms with Gasteiger partial charge in [0.1, 0.15) is 0 Å². The summed E-state index contributed by atoms with van der Waals surface area (Å²) < 4.78 is 0. The molecule has 1 aliphatic heterocycles. The number of thiophene rings is 1. The van der Waals surface area contributed by atoms with Crippen molar-refractivity contribution < 1.29 is 14.7 Å². The number of carboxylic acids is 1. The van der Waals surface area contributed by atoms with Gasteiger partial charge in [0.05, 0.1) is 12.5 Å². The molecule has 2 rings (SSSR count). The maximum absolute atomic E-state index is 12.8. The molecule has 6 heteroatoms. The molecule has 0 radical (unpaired) electrons. The van der Waals surface area contributed by atoms with Gasteiger partial charge in [0.25, 0.3) is 0 Å². The van der Waals surface area contributed by atoms with E-state index in [1.54, 1.807) is 23.2 Å². The van der Waals surface area contributed by atoms with Gasteiger partial charge in [-0.25, -0.2) is 4.79 Å². The molecule has 5 nitrogen and oxygen atoms in total. The van der Waals surface area contributed by atoms with Crippen LogP contribution < -0.4 is 0 Å². The van der Waals surface area contributed by atoms with Crippen LogP contribution in [0.1, 0.15) is 43.7 Å². The first kappa shape index (κ1) is 15.8. The minimum absolute atomic E-state index is 0.0223. The zero-order valence-corrected chi connectivity index (χ0v) is 13.5. The lowest BCUT2D eigenvalue weighted by atomic mass is 10.0. The zero-order valence-electron chi connectivity index (χ0n) is 12.7. The minimum Gasteiger partial charge on any atom is -0.481 e. The quantitative estimate of drug-likeness (QED) is 0.930. The first-order valence-electron chi connectivity index (χ1n) is 7.31. The predicted octanol–water partition coefficient (Wildman–Crippen LogP) is 2.97. The number of rotatable bonds is 4. The average Bonchev–Trinajstić information content (AvgIpc) is 2.88. The Bertz CT molecular complexity index is 529. The van der Waals surface area contributed by atoms with Gasteiger partial charge in [-0.3, -0.25) is 4.79 Å². The minimum atomic E-state index is -0.874. The highest BCUT2D eigenvalue weighted by Crippen LogP contribution is 2.33. The van der Waals surface area contributed by atoms with Gasteiger partial charge in [-0.2, -0.15) is 0 Å². The number of carbonyl (C=O) groups is 2. The smallest absolute Gasteiger partial charge is 0.320 e. The second-order valence-electron chi connectivity index (χ2n) is 5.43. The van der Waals surface area contributed by atoms with Crippen LogP contribution in [-0.2, 0) is 11.2 Å². The van der Waals surface area contributed by atoms with Gasteiger partial charge in [-0.05, 0) is 44.2 Å². The highest BCUT2D eigenvalue weighted by atomic mass is 32.1. The molecule has 2 amide bonds. The molecular weight excluding hydrogens is 288 g/mol. The molecule has 2 atom stereocenters. The SMILES string of the molecule is CCN(C(=O)N1CCc2sccc2C1C)C(C)CC(=O)O. The molecule has 1 N–H and O–H groups in total. The molecule has 116 valence electrons. The largest absolute Gasteiger partial charge is 0.481 e. The highest BCUT2D eigenvalue weighted by molar-refractivity contribution is 7.10. The number of amides is 2. The summed E-state index contributed by atoms with van der Waals surface area (Å²) >= 11 is 1.74. The van der Waals surface area contributed by atoms with Gasteiger partial charge in [0, 0.05) is 24.0 Å². The first-order chi connectivity index (χ1) is 9.95. The van der Waals surface area contributed by atoms with Gasteiger partial charge < -0.3 is 14.9 Å². The maximum atomic E-state index is 12.8. The van der Waals surface area contributed by atoms with Crippen LogP contribution >= 0.6 is 11.3 Å². The van der Waals surface area contributed by atoms with E-state index in [0.29, 0.717) is 13.1 Å². The van der Waals surface area contributed by atoms with Gasteiger partial charge in [-0.1, -0.05) is 0 Å². The molecule has 0 fully saturated rings. The Kier molecular flexibility index (Phi) is 4.88. The molecule has 2 unspecified atom stereocenters. The van der Waals surface area contributed by atoms with E-state index < -0.39 is 5.97 Å². The second kappa shape index (κ2) is 6.47. The van der Waals surface area contributed by atoms with Crippen molar-refractivity contribution in [2.75, 3.05) is 13.1 Å². The fourth-order valence-electron chi connectivity index (χ4n) is 2.93. The maximum Gasteiger partial charge on any atom is 0.320 e. The molecule has 0 aromatic carbocycles. The van der Waals surface area contributed by atoms with Crippen molar-refractivity contribution in [2.45, 2.75) is 45.7 Å². The lowest BCUT2D eigenvalue weighted by molar-refractivity contribution is -0.138. The van der Waals surface area contributed by atoms with Gasteiger partial charge in [0.2, 0.25) is 0 Å². The van der Waals surface area contributed by atoms with Crippen LogP contribution in [0.4, 0.5) is 4.79 Å². The normalized spacial score (nSPS) is 19.0. The number of carbonyl (C=O) groups excluding carboxylic acids is 1. The van der Waals surface area contributed by atoms with Crippen LogP contribution in [0.5, 0.6) is 0 Å². The van der Waals surface area contributed by atoms with E-state index in [1.165, 1.54) is 10.4 Å². The van der Waals surface area contributed by atoms with Crippen molar-refractivity contribution >= 4 is 23.3 Å². The number of hydrogen-bond acceptors (Lipinski definition) is 3. The van der Waals surface area contributed by atoms with Crippen molar-refractivity contribution in [1.29, 1.82) is 0 Å². The Morgan fingerprint density at radius 2 is 2.29 bits per heavy atom. The predicted molar refractivity (Wildman–Crippen MR) is 82.6 cm³/mol. The summed E-state index contributed by atoms with van der Waals surface area (Å²) in [5.74, 6) is -0.874. The molecule has 21 heavy (non-hydrogen) atoms. The Morgan fingerprint density at radius 3 is 2.90 bits per heavy atom. The van der Waals surface area contributed by atoms with Crippen LogP contribution in [0.2, 0.25) is 0 Å². The number of aliphatic carboxylic acids is 1. The summed E-state index contributed by atoms with van der Waals surface area (Å²) in [4.78, 5) is 28.5. The van der Waals surface area contributed by atoms with Gasteiger partial charge >= 0.3 is 12.0 Å². The third kappa shape index (κ3) is 3.20. The third-order valence-corrected chi connectivity index (χ3v) is 5.11. The zero-order chi connectivity index (χ0) is 15.6. The Balaban J connectivity index is 2.13. The van der Waals surface area contributed by atoms with E-state index in [2.05, 4.69) is 11.4 Å². The van der Waals surface area contributed by atoms with Crippen LogP contribution in [0.3, 0.4) is 0 Å². The Labute approximate surface area is 129 Å². The lowest BCUT2D eigenvalue weighted by Gasteiger charge is -2.39. The molecule has 0 spiro atoms. The van der Waals surface area contributed by atoms with Crippen LogP contribution in [0.15, 0.2) is 11.4 Å².